The van der Waals surface area contributed by atoms with Crippen LogP contribution in [0, 0.1) is 0 Å². The molecule has 2 aliphatic rings. The standard InChI is InChI=1S/C14H27N3O/c1-13(2)9-17(10-14(3,4)18-13)12(15)16-11-7-5-6-8-11/h11H,5-10H2,1-4H3,(H2,15,16). The zero-order valence-corrected chi connectivity index (χ0v) is 12.2. The fourth-order valence-electron chi connectivity index (χ4n) is 3.25. The topological polar surface area (TPSA) is 50.8 Å². The molecule has 2 N–H and O–H groups in total. The number of nitrogens with two attached hydrogens (primary N) is 1. The third-order valence-electron chi connectivity index (χ3n) is 3.66. The van der Waals surface area contributed by atoms with Crippen LogP contribution in [0.1, 0.15) is 53.4 Å². The monoisotopic (exact) mass is 253 g/mol. The summed E-state index contributed by atoms with van der Waals surface area (Å²) in [5, 5.41) is 0. The van der Waals surface area contributed by atoms with E-state index in [0.717, 1.165) is 13.1 Å². The Kier molecular flexibility index (Phi) is 3.58. The molecule has 1 aliphatic carbocycles. The second-order valence-corrected chi connectivity index (χ2v) is 6.90. The first kappa shape index (κ1) is 13.7. The van der Waals surface area contributed by atoms with E-state index in [4.69, 9.17) is 15.5 Å². The molecule has 4 heteroatoms. The predicted octanol–water partition coefficient (Wildman–Crippen LogP) is 2.13. The van der Waals surface area contributed by atoms with E-state index in [1.165, 1.54) is 25.7 Å². The van der Waals surface area contributed by atoms with Gasteiger partial charge in [-0.2, -0.15) is 0 Å². The largest absolute Gasteiger partial charge is 0.370 e. The molecule has 1 heterocycles. The molecule has 0 radical (unpaired) electrons. The van der Waals surface area contributed by atoms with Crippen molar-refractivity contribution in [3.63, 3.8) is 0 Å². The van der Waals surface area contributed by atoms with Crippen molar-refractivity contribution in [3.8, 4) is 0 Å². The van der Waals surface area contributed by atoms with E-state index in [2.05, 4.69) is 32.6 Å². The molecule has 104 valence electrons. The Morgan fingerprint density at radius 2 is 1.61 bits per heavy atom. The van der Waals surface area contributed by atoms with Crippen LogP contribution < -0.4 is 5.73 Å². The molecule has 2 rings (SSSR count). The Morgan fingerprint density at radius 1 is 1.11 bits per heavy atom. The third-order valence-corrected chi connectivity index (χ3v) is 3.66. The first-order chi connectivity index (χ1) is 8.27. The molecule has 18 heavy (non-hydrogen) atoms. The van der Waals surface area contributed by atoms with E-state index in [1.807, 2.05) is 0 Å². The van der Waals surface area contributed by atoms with Crippen LogP contribution in [0.15, 0.2) is 4.99 Å². The minimum atomic E-state index is -0.169. The van der Waals surface area contributed by atoms with Crippen LogP contribution in [-0.2, 0) is 4.74 Å². The maximum Gasteiger partial charge on any atom is 0.191 e. The Morgan fingerprint density at radius 3 is 2.11 bits per heavy atom. The van der Waals surface area contributed by atoms with E-state index < -0.39 is 0 Å². The minimum Gasteiger partial charge on any atom is -0.370 e. The summed E-state index contributed by atoms with van der Waals surface area (Å²) in [6.07, 6.45) is 4.97. The summed E-state index contributed by atoms with van der Waals surface area (Å²) < 4.78 is 6.06. The fraction of sp³-hybridized carbons (Fsp3) is 0.929. The van der Waals surface area contributed by atoms with Gasteiger partial charge in [-0.3, -0.25) is 0 Å². The summed E-state index contributed by atoms with van der Waals surface area (Å²) in [5.74, 6) is 0.700. The normalized spacial score (nSPS) is 28.7. The van der Waals surface area contributed by atoms with Crippen molar-refractivity contribution in [1.82, 2.24) is 4.90 Å². The molecule has 0 aromatic carbocycles. The van der Waals surface area contributed by atoms with Crippen molar-refractivity contribution in [2.45, 2.75) is 70.6 Å². The summed E-state index contributed by atoms with van der Waals surface area (Å²) >= 11 is 0. The zero-order chi connectivity index (χ0) is 13.4. The van der Waals surface area contributed by atoms with E-state index in [0.29, 0.717) is 12.0 Å². The lowest BCUT2D eigenvalue weighted by Gasteiger charge is -2.47. The summed E-state index contributed by atoms with van der Waals surface area (Å²) in [4.78, 5) is 6.88. The van der Waals surface area contributed by atoms with Crippen molar-refractivity contribution in [1.29, 1.82) is 0 Å². The molecule has 0 spiro atoms. The average molecular weight is 253 g/mol. The van der Waals surface area contributed by atoms with Crippen LogP contribution in [0.5, 0.6) is 0 Å². The molecule has 1 aliphatic heterocycles. The number of guanidine groups is 1. The van der Waals surface area contributed by atoms with Crippen LogP contribution in [0.2, 0.25) is 0 Å². The van der Waals surface area contributed by atoms with Gasteiger partial charge in [-0.05, 0) is 40.5 Å². The van der Waals surface area contributed by atoms with Gasteiger partial charge in [0.1, 0.15) is 0 Å². The number of rotatable bonds is 1. The first-order valence-electron chi connectivity index (χ1n) is 7.06. The minimum absolute atomic E-state index is 0.169. The van der Waals surface area contributed by atoms with E-state index in [1.54, 1.807) is 0 Å². The van der Waals surface area contributed by atoms with Crippen molar-refractivity contribution >= 4 is 5.96 Å². The van der Waals surface area contributed by atoms with Gasteiger partial charge in [-0.25, -0.2) is 4.99 Å². The third kappa shape index (κ3) is 3.37. The number of morpholine rings is 1. The first-order valence-corrected chi connectivity index (χ1v) is 7.06. The van der Waals surface area contributed by atoms with E-state index in [9.17, 15) is 0 Å². The van der Waals surface area contributed by atoms with Crippen molar-refractivity contribution in [3.05, 3.63) is 0 Å². The second-order valence-electron chi connectivity index (χ2n) is 6.90. The van der Waals surface area contributed by atoms with Gasteiger partial charge in [-0.1, -0.05) is 12.8 Å². The van der Waals surface area contributed by atoms with Crippen LogP contribution >= 0.6 is 0 Å². The van der Waals surface area contributed by atoms with Crippen LogP contribution in [-0.4, -0.2) is 41.2 Å². The van der Waals surface area contributed by atoms with Gasteiger partial charge in [0.15, 0.2) is 5.96 Å². The summed E-state index contributed by atoms with van der Waals surface area (Å²) in [6.45, 7) is 10.1. The molecule has 1 saturated carbocycles. The lowest BCUT2D eigenvalue weighted by Crippen LogP contribution is -2.60. The highest BCUT2D eigenvalue weighted by Gasteiger charge is 2.39. The maximum atomic E-state index is 6.19. The van der Waals surface area contributed by atoms with Crippen molar-refractivity contribution in [2.24, 2.45) is 10.7 Å². The molecule has 0 atom stereocenters. The van der Waals surface area contributed by atoms with Crippen molar-refractivity contribution < 1.29 is 4.74 Å². The van der Waals surface area contributed by atoms with Gasteiger partial charge < -0.3 is 15.4 Å². The van der Waals surface area contributed by atoms with E-state index >= 15 is 0 Å². The summed E-state index contributed by atoms with van der Waals surface area (Å²) in [7, 11) is 0. The predicted molar refractivity (Wildman–Crippen MR) is 74.7 cm³/mol. The highest BCUT2D eigenvalue weighted by molar-refractivity contribution is 5.78. The molecule has 0 bridgehead atoms. The van der Waals surface area contributed by atoms with Gasteiger partial charge in [-0.15, -0.1) is 0 Å². The van der Waals surface area contributed by atoms with Crippen LogP contribution in [0.25, 0.3) is 0 Å². The molecule has 2 fully saturated rings. The number of aliphatic imine (C=N–C) groups is 1. The highest BCUT2D eigenvalue weighted by Crippen LogP contribution is 2.28. The molecule has 0 aromatic rings. The lowest BCUT2D eigenvalue weighted by molar-refractivity contribution is -0.167. The lowest BCUT2D eigenvalue weighted by atomic mass is 9.99. The Labute approximate surface area is 111 Å². The molecule has 1 saturated heterocycles. The van der Waals surface area contributed by atoms with Gasteiger partial charge in [0.2, 0.25) is 0 Å². The van der Waals surface area contributed by atoms with Gasteiger partial charge >= 0.3 is 0 Å². The molecular weight excluding hydrogens is 226 g/mol. The molecule has 4 nitrogen and oxygen atoms in total. The Balaban J connectivity index is 2.07. The SMILES string of the molecule is CC1(C)CN(C(N)=NC2CCCC2)CC(C)(C)O1. The number of hydrogen-bond donors (Lipinski definition) is 1. The summed E-state index contributed by atoms with van der Waals surface area (Å²) in [6, 6.07) is 0.444. The molecule has 0 unspecified atom stereocenters. The Bertz CT molecular complexity index is 314. The number of ether oxygens (including phenoxy) is 1. The Hall–Kier alpha value is -0.770. The molecule has 0 aromatic heterocycles. The fourth-order valence-corrected chi connectivity index (χ4v) is 3.25. The average Bonchev–Trinajstić information content (AvgIpc) is 2.65. The van der Waals surface area contributed by atoms with E-state index in [-0.39, 0.29) is 11.2 Å². The second kappa shape index (κ2) is 4.72. The maximum absolute atomic E-state index is 6.19. The van der Waals surface area contributed by atoms with Crippen molar-refractivity contribution in [2.75, 3.05) is 13.1 Å². The van der Waals surface area contributed by atoms with Gasteiger partial charge in [0, 0.05) is 13.1 Å². The quantitative estimate of drug-likeness (QED) is 0.575. The summed E-state index contributed by atoms with van der Waals surface area (Å²) in [5.41, 5.74) is 5.85. The smallest absolute Gasteiger partial charge is 0.191 e. The number of nitrogens with zero attached hydrogens (tertiary/aromatic N) is 2. The molecular formula is C14H27N3O. The number of hydrogen-bond acceptors (Lipinski definition) is 2. The van der Waals surface area contributed by atoms with Gasteiger partial charge in [0.05, 0.1) is 17.2 Å². The molecule has 0 amide bonds. The van der Waals surface area contributed by atoms with Crippen LogP contribution in [0.3, 0.4) is 0 Å². The highest BCUT2D eigenvalue weighted by atomic mass is 16.5. The van der Waals surface area contributed by atoms with Crippen LogP contribution in [0.4, 0.5) is 0 Å². The van der Waals surface area contributed by atoms with Gasteiger partial charge in [0.25, 0.3) is 0 Å². The zero-order valence-electron chi connectivity index (χ0n) is 12.2.